The summed E-state index contributed by atoms with van der Waals surface area (Å²) in [5.41, 5.74) is -0.674. The van der Waals surface area contributed by atoms with Gasteiger partial charge >= 0.3 is 5.97 Å². The highest BCUT2D eigenvalue weighted by atomic mass is 16.4. The molecular formula is C17H32N2O2. The molecule has 0 spiro atoms. The molecule has 2 fully saturated rings. The fourth-order valence-corrected chi connectivity index (χ4v) is 3.63. The van der Waals surface area contributed by atoms with Crippen molar-refractivity contribution in [3.8, 4) is 0 Å². The number of nitrogens with one attached hydrogen (secondary N) is 1. The third-order valence-corrected chi connectivity index (χ3v) is 5.36. The number of rotatable bonds is 8. The first-order valence-electron chi connectivity index (χ1n) is 8.76. The van der Waals surface area contributed by atoms with Gasteiger partial charge in [0.05, 0.1) is 0 Å². The predicted octanol–water partition coefficient (Wildman–Crippen LogP) is 2.87. The lowest BCUT2D eigenvalue weighted by Crippen LogP contribution is -2.59. The molecule has 4 nitrogen and oxygen atoms in total. The van der Waals surface area contributed by atoms with Gasteiger partial charge in [-0.2, -0.15) is 0 Å². The zero-order chi connectivity index (χ0) is 15.5. The maximum absolute atomic E-state index is 11.9. The number of carbonyl (C=O) groups is 1. The quantitative estimate of drug-likeness (QED) is 0.723. The van der Waals surface area contributed by atoms with Gasteiger partial charge < -0.3 is 10.0 Å². The molecule has 0 saturated heterocycles. The van der Waals surface area contributed by atoms with E-state index in [1.165, 1.54) is 6.42 Å². The topological polar surface area (TPSA) is 52.6 Å². The molecule has 122 valence electrons. The Bertz CT molecular complexity index is 357. The van der Waals surface area contributed by atoms with Crippen LogP contribution in [0.1, 0.15) is 65.7 Å². The predicted molar refractivity (Wildman–Crippen MR) is 85.5 cm³/mol. The molecule has 0 radical (unpaired) electrons. The summed E-state index contributed by atoms with van der Waals surface area (Å²) < 4.78 is 0. The number of aliphatic carboxylic acids is 1. The first-order chi connectivity index (χ1) is 10.0. The van der Waals surface area contributed by atoms with Crippen LogP contribution in [0.2, 0.25) is 0 Å². The molecule has 2 rings (SSSR count). The minimum absolute atomic E-state index is 0.417. The molecule has 0 bridgehead atoms. The van der Waals surface area contributed by atoms with E-state index in [-0.39, 0.29) is 0 Å². The van der Waals surface area contributed by atoms with E-state index in [4.69, 9.17) is 0 Å². The Balaban J connectivity index is 2.04. The highest BCUT2D eigenvalue weighted by Gasteiger charge is 2.46. The molecule has 3 atom stereocenters. The number of carboxylic acids is 1. The Morgan fingerprint density at radius 3 is 2.62 bits per heavy atom. The normalized spacial score (nSPS) is 31.3. The van der Waals surface area contributed by atoms with E-state index in [1.807, 2.05) is 0 Å². The molecule has 0 amide bonds. The summed E-state index contributed by atoms with van der Waals surface area (Å²) in [6.45, 7) is 8.84. The average molecular weight is 296 g/mol. The number of nitrogens with zero attached hydrogens (tertiary/aromatic N) is 1. The standard InChI is InChI=1S/C17H32N2O2/c1-4-13(3)12-19(5-2)15-7-6-10-17(11-15,16(20)21)18-14-8-9-14/h13-15,18H,4-12H2,1-3H3,(H,20,21). The van der Waals surface area contributed by atoms with Crippen LogP contribution in [0.4, 0.5) is 0 Å². The lowest BCUT2D eigenvalue weighted by atomic mass is 9.78. The Kier molecular flexibility index (Phi) is 5.67. The van der Waals surface area contributed by atoms with Crippen LogP contribution < -0.4 is 5.32 Å². The van der Waals surface area contributed by atoms with Gasteiger partial charge in [-0.05, 0) is 51.0 Å². The smallest absolute Gasteiger partial charge is 0.323 e. The Hall–Kier alpha value is -0.610. The summed E-state index contributed by atoms with van der Waals surface area (Å²) in [6, 6.07) is 0.865. The van der Waals surface area contributed by atoms with Crippen molar-refractivity contribution >= 4 is 5.97 Å². The van der Waals surface area contributed by atoms with E-state index < -0.39 is 11.5 Å². The van der Waals surface area contributed by atoms with Crippen molar-refractivity contribution in [3.63, 3.8) is 0 Å². The highest BCUT2D eigenvalue weighted by Crippen LogP contribution is 2.35. The van der Waals surface area contributed by atoms with Gasteiger partial charge in [-0.15, -0.1) is 0 Å². The van der Waals surface area contributed by atoms with E-state index in [1.54, 1.807) is 0 Å². The van der Waals surface area contributed by atoms with Gasteiger partial charge in [0.2, 0.25) is 0 Å². The SMILES string of the molecule is CCC(C)CN(CC)C1CCCC(NC2CC2)(C(=O)O)C1. The van der Waals surface area contributed by atoms with Crippen molar-refractivity contribution in [2.75, 3.05) is 13.1 Å². The second kappa shape index (κ2) is 7.10. The molecule has 0 aromatic rings. The summed E-state index contributed by atoms with van der Waals surface area (Å²) in [7, 11) is 0. The molecule has 0 aromatic heterocycles. The first-order valence-corrected chi connectivity index (χ1v) is 8.76. The Morgan fingerprint density at radius 1 is 1.38 bits per heavy atom. The molecule has 0 heterocycles. The molecule has 2 N–H and O–H groups in total. The van der Waals surface area contributed by atoms with Crippen molar-refractivity contribution in [2.24, 2.45) is 5.92 Å². The van der Waals surface area contributed by atoms with Crippen LogP contribution in [-0.2, 0) is 4.79 Å². The summed E-state index contributed by atoms with van der Waals surface area (Å²) >= 11 is 0. The van der Waals surface area contributed by atoms with Gasteiger partial charge in [0.15, 0.2) is 0 Å². The van der Waals surface area contributed by atoms with E-state index in [2.05, 4.69) is 31.0 Å². The minimum Gasteiger partial charge on any atom is -0.480 e. The van der Waals surface area contributed by atoms with E-state index in [9.17, 15) is 9.90 Å². The zero-order valence-electron chi connectivity index (χ0n) is 13.9. The maximum Gasteiger partial charge on any atom is 0.323 e. The second-order valence-corrected chi connectivity index (χ2v) is 7.16. The van der Waals surface area contributed by atoms with Crippen LogP contribution >= 0.6 is 0 Å². The van der Waals surface area contributed by atoms with Gasteiger partial charge in [0.25, 0.3) is 0 Å². The van der Waals surface area contributed by atoms with Crippen LogP contribution in [0.25, 0.3) is 0 Å². The van der Waals surface area contributed by atoms with Crippen molar-refractivity contribution in [1.29, 1.82) is 0 Å². The van der Waals surface area contributed by atoms with E-state index in [0.717, 1.165) is 51.6 Å². The summed E-state index contributed by atoms with van der Waals surface area (Å²) in [5.74, 6) is 0.0428. The first kappa shape index (κ1) is 16.8. The van der Waals surface area contributed by atoms with E-state index >= 15 is 0 Å². The number of carboxylic acid groups (broad SMARTS) is 1. The molecule has 2 aliphatic carbocycles. The third kappa shape index (κ3) is 4.19. The van der Waals surface area contributed by atoms with Crippen molar-refractivity contribution in [2.45, 2.75) is 83.3 Å². The van der Waals surface area contributed by atoms with Crippen LogP contribution in [0.3, 0.4) is 0 Å². The van der Waals surface area contributed by atoms with Crippen LogP contribution in [0, 0.1) is 5.92 Å². The summed E-state index contributed by atoms with van der Waals surface area (Å²) in [5, 5.41) is 13.2. The van der Waals surface area contributed by atoms with E-state index in [0.29, 0.717) is 18.0 Å². The van der Waals surface area contributed by atoms with Gasteiger partial charge in [0.1, 0.15) is 5.54 Å². The lowest BCUT2D eigenvalue weighted by molar-refractivity contribution is -0.147. The fraction of sp³-hybridized carbons (Fsp3) is 0.941. The van der Waals surface area contributed by atoms with Crippen LogP contribution in [0.5, 0.6) is 0 Å². The zero-order valence-corrected chi connectivity index (χ0v) is 13.9. The molecule has 2 aliphatic rings. The minimum atomic E-state index is -0.674. The molecule has 21 heavy (non-hydrogen) atoms. The van der Waals surface area contributed by atoms with Gasteiger partial charge in [-0.1, -0.05) is 27.2 Å². The highest BCUT2D eigenvalue weighted by molar-refractivity contribution is 5.79. The monoisotopic (exact) mass is 296 g/mol. The molecule has 4 heteroatoms. The summed E-state index contributed by atoms with van der Waals surface area (Å²) in [4.78, 5) is 14.4. The van der Waals surface area contributed by atoms with Gasteiger partial charge in [-0.3, -0.25) is 10.1 Å². The number of hydrogen-bond donors (Lipinski definition) is 2. The molecule has 0 aliphatic heterocycles. The Labute approximate surface area is 129 Å². The number of hydrogen-bond acceptors (Lipinski definition) is 3. The van der Waals surface area contributed by atoms with Crippen molar-refractivity contribution in [3.05, 3.63) is 0 Å². The largest absolute Gasteiger partial charge is 0.480 e. The molecular weight excluding hydrogens is 264 g/mol. The molecule has 2 saturated carbocycles. The summed E-state index contributed by atoms with van der Waals surface area (Å²) in [6.07, 6.45) is 7.19. The van der Waals surface area contributed by atoms with Crippen molar-refractivity contribution < 1.29 is 9.90 Å². The Morgan fingerprint density at radius 2 is 2.10 bits per heavy atom. The van der Waals surface area contributed by atoms with Gasteiger partial charge in [0, 0.05) is 18.6 Å². The lowest BCUT2D eigenvalue weighted by Gasteiger charge is -2.43. The molecule has 0 aromatic carbocycles. The third-order valence-electron chi connectivity index (χ3n) is 5.36. The molecule has 3 unspecified atom stereocenters. The van der Waals surface area contributed by atoms with Gasteiger partial charge in [-0.25, -0.2) is 0 Å². The maximum atomic E-state index is 11.9. The fourth-order valence-electron chi connectivity index (χ4n) is 3.63. The van der Waals surface area contributed by atoms with Crippen LogP contribution in [-0.4, -0.2) is 46.7 Å². The second-order valence-electron chi connectivity index (χ2n) is 7.16. The van der Waals surface area contributed by atoms with Crippen molar-refractivity contribution in [1.82, 2.24) is 10.2 Å². The average Bonchev–Trinajstić information content (AvgIpc) is 3.28. The van der Waals surface area contributed by atoms with Crippen LogP contribution in [0.15, 0.2) is 0 Å².